The molecule has 7 heteroatoms. The summed E-state index contributed by atoms with van der Waals surface area (Å²) in [4.78, 5) is 29.2. The van der Waals surface area contributed by atoms with E-state index in [9.17, 15) is 9.59 Å². The number of nitrogens with one attached hydrogen (secondary N) is 1. The molecule has 2 heterocycles. The normalized spacial score (nSPS) is 12.2. The van der Waals surface area contributed by atoms with Crippen LogP contribution in [0.3, 0.4) is 0 Å². The molecular formula is C22H23N3O3S. The standard InChI is InChI=1S/C22H23N3O3S/c1-22(2,28-21(23)27)14-18(19-4-3-13-29-19)20(26)25-17-7-5-15(6-8-17)16-9-11-24-12-10-16/h3-13,18H,14H2,1-2H3,(H2,23,27)(H,25,26). The summed E-state index contributed by atoms with van der Waals surface area (Å²) in [6, 6.07) is 15.3. The predicted octanol–water partition coefficient (Wildman–Crippen LogP) is 4.80. The molecule has 0 aliphatic carbocycles. The molecule has 2 aromatic heterocycles. The molecule has 0 spiro atoms. The Morgan fingerprint density at radius 3 is 2.34 bits per heavy atom. The SMILES string of the molecule is CC(C)(CC(C(=O)Nc1ccc(-c2ccncc2)cc1)c1cccs1)OC(N)=O. The second-order valence-electron chi connectivity index (χ2n) is 7.26. The van der Waals surface area contributed by atoms with Crippen LogP contribution >= 0.6 is 11.3 Å². The first-order valence-corrected chi connectivity index (χ1v) is 10.1. The van der Waals surface area contributed by atoms with Gasteiger partial charge < -0.3 is 15.8 Å². The first-order valence-electron chi connectivity index (χ1n) is 9.17. The lowest BCUT2D eigenvalue weighted by molar-refractivity contribution is -0.119. The largest absolute Gasteiger partial charge is 0.444 e. The molecule has 6 nitrogen and oxygen atoms in total. The summed E-state index contributed by atoms with van der Waals surface area (Å²) < 4.78 is 5.19. The minimum atomic E-state index is -0.872. The van der Waals surface area contributed by atoms with Crippen molar-refractivity contribution in [3.05, 3.63) is 71.2 Å². The molecule has 0 bridgehead atoms. The molecule has 1 aromatic carbocycles. The Balaban J connectivity index is 1.75. The number of hydrogen-bond acceptors (Lipinski definition) is 5. The van der Waals surface area contributed by atoms with Crippen LogP contribution < -0.4 is 11.1 Å². The molecule has 2 amide bonds. The summed E-state index contributed by atoms with van der Waals surface area (Å²) in [7, 11) is 0. The van der Waals surface area contributed by atoms with Crippen LogP contribution in [0.25, 0.3) is 11.1 Å². The van der Waals surface area contributed by atoms with Gasteiger partial charge in [0.05, 0.1) is 5.92 Å². The Morgan fingerprint density at radius 1 is 1.10 bits per heavy atom. The molecule has 150 valence electrons. The molecule has 0 aliphatic heterocycles. The first kappa shape index (κ1) is 20.5. The number of thiophene rings is 1. The number of rotatable bonds is 7. The molecular weight excluding hydrogens is 386 g/mol. The molecule has 1 atom stereocenters. The number of aromatic nitrogens is 1. The van der Waals surface area contributed by atoms with Gasteiger partial charge in [0, 0.05) is 29.4 Å². The zero-order valence-corrected chi connectivity index (χ0v) is 17.1. The molecule has 0 aliphatic rings. The fraction of sp³-hybridized carbons (Fsp3) is 0.227. The highest BCUT2D eigenvalue weighted by Crippen LogP contribution is 2.32. The van der Waals surface area contributed by atoms with Gasteiger partial charge in [-0.25, -0.2) is 4.79 Å². The molecule has 3 rings (SSSR count). The van der Waals surface area contributed by atoms with E-state index in [1.165, 1.54) is 11.3 Å². The van der Waals surface area contributed by atoms with Crippen molar-refractivity contribution in [3.8, 4) is 11.1 Å². The molecule has 0 fully saturated rings. The molecule has 3 N–H and O–H groups in total. The number of carbonyl (C=O) groups excluding carboxylic acids is 2. The van der Waals surface area contributed by atoms with Crippen molar-refractivity contribution in [2.45, 2.75) is 31.8 Å². The average Bonchev–Trinajstić information content (AvgIpc) is 3.21. The summed E-state index contributed by atoms with van der Waals surface area (Å²) in [5, 5.41) is 4.89. The second kappa shape index (κ2) is 8.87. The van der Waals surface area contributed by atoms with Gasteiger partial charge in [0.2, 0.25) is 5.91 Å². The third-order valence-electron chi connectivity index (χ3n) is 4.44. The number of ether oxygens (including phenoxy) is 1. The fourth-order valence-corrected chi connectivity index (χ4v) is 3.96. The summed E-state index contributed by atoms with van der Waals surface area (Å²) in [5.74, 6) is -0.630. The van der Waals surface area contributed by atoms with Gasteiger partial charge >= 0.3 is 6.09 Å². The van der Waals surface area contributed by atoms with Gasteiger partial charge in [0.25, 0.3) is 0 Å². The van der Waals surface area contributed by atoms with E-state index >= 15 is 0 Å². The number of benzene rings is 1. The van der Waals surface area contributed by atoms with Gasteiger partial charge in [-0.3, -0.25) is 9.78 Å². The molecule has 0 saturated carbocycles. The topological polar surface area (TPSA) is 94.3 Å². The Morgan fingerprint density at radius 2 is 1.76 bits per heavy atom. The quantitative estimate of drug-likeness (QED) is 0.586. The maximum absolute atomic E-state index is 13.0. The van der Waals surface area contributed by atoms with Crippen LogP contribution in [-0.2, 0) is 9.53 Å². The zero-order valence-electron chi connectivity index (χ0n) is 16.3. The number of hydrogen-bond donors (Lipinski definition) is 2. The van der Waals surface area contributed by atoms with Crippen LogP contribution in [0.2, 0.25) is 0 Å². The van der Waals surface area contributed by atoms with Crippen molar-refractivity contribution in [3.63, 3.8) is 0 Å². The number of anilines is 1. The summed E-state index contributed by atoms with van der Waals surface area (Å²) in [6.07, 6.45) is 2.95. The minimum absolute atomic E-state index is 0.162. The van der Waals surface area contributed by atoms with E-state index in [2.05, 4.69) is 10.3 Å². The van der Waals surface area contributed by atoms with E-state index in [1.807, 2.05) is 53.9 Å². The first-order chi connectivity index (χ1) is 13.8. The average molecular weight is 410 g/mol. The smallest absolute Gasteiger partial charge is 0.405 e. The molecule has 1 unspecified atom stereocenters. The van der Waals surface area contributed by atoms with Crippen molar-refractivity contribution in [2.75, 3.05) is 5.32 Å². The van der Waals surface area contributed by atoms with Crippen molar-refractivity contribution in [2.24, 2.45) is 5.73 Å². The fourth-order valence-electron chi connectivity index (χ4n) is 3.14. The molecule has 0 radical (unpaired) electrons. The molecule has 0 saturated heterocycles. The van der Waals surface area contributed by atoms with Gasteiger partial charge in [-0.1, -0.05) is 18.2 Å². The Labute approximate surface area is 173 Å². The number of amides is 2. The van der Waals surface area contributed by atoms with E-state index in [0.717, 1.165) is 16.0 Å². The lowest BCUT2D eigenvalue weighted by atomic mass is 9.91. The van der Waals surface area contributed by atoms with Gasteiger partial charge in [-0.2, -0.15) is 0 Å². The lowest BCUT2D eigenvalue weighted by Gasteiger charge is -2.28. The van der Waals surface area contributed by atoms with Crippen molar-refractivity contribution >= 4 is 29.0 Å². The maximum Gasteiger partial charge on any atom is 0.405 e. The van der Waals surface area contributed by atoms with Crippen molar-refractivity contribution in [1.29, 1.82) is 0 Å². The monoisotopic (exact) mass is 409 g/mol. The van der Waals surface area contributed by atoms with Crippen molar-refractivity contribution in [1.82, 2.24) is 4.98 Å². The zero-order chi connectivity index (χ0) is 20.9. The third-order valence-corrected chi connectivity index (χ3v) is 5.43. The highest BCUT2D eigenvalue weighted by Gasteiger charge is 2.32. The minimum Gasteiger partial charge on any atom is -0.444 e. The number of nitrogens with two attached hydrogens (primary N) is 1. The third kappa shape index (κ3) is 5.65. The highest BCUT2D eigenvalue weighted by molar-refractivity contribution is 7.10. The van der Waals surface area contributed by atoms with Crippen LogP contribution in [0.15, 0.2) is 66.3 Å². The van der Waals surface area contributed by atoms with E-state index in [4.69, 9.17) is 10.5 Å². The lowest BCUT2D eigenvalue weighted by Crippen LogP contribution is -2.35. The van der Waals surface area contributed by atoms with E-state index in [1.54, 1.807) is 26.2 Å². The number of carbonyl (C=O) groups is 2. The van der Waals surface area contributed by atoms with Crippen LogP contribution in [0.4, 0.5) is 10.5 Å². The Bertz CT molecular complexity index is 955. The summed E-state index contributed by atoms with van der Waals surface area (Å²) in [6.45, 7) is 3.49. The Kier molecular flexibility index (Phi) is 6.29. The van der Waals surface area contributed by atoms with Crippen molar-refractivity contribution < 1.29 is 14.3 Å². The number of nitrogens with zero attached hydrogens (tertiary/aromatic N) is 1. The summed E-state index contributed by atoms with van der Waals surface area (Å²) in [5.41, 5.74) is 7.09. The predicted molar refractivity (Wildman–Crippen MR) is 115 cm³/mol. The van der Waals surface area contributed by atoms with E-state index in [0.29, 0.717) is 12.1 Å². The molecule has 3 aromatic rings. The van der Waals surface area contributed by atoms with Gasteiger partial charge in [0.15, 0.2) is 0 Å². The highest BCUT2D eigenvalue weighted by atomic mass is 32.1. The van der Waals surface area contributed by atoms with Crippen LogP contribution in [0.1, 0.15) is 31.1 Å². The summed E-state index contributed by atoms with van der Waals surface area (Å²) >= 11 is 1.49. The van der Waals surface area contributed by atoms with Gasteiger partial charge in [-0.15, -0.1) is 11.3 Å². The van der Waals surface area contributed by atoms with E-state index < -0.39 is 17.6 Å². The van der Waals surface area contributed by atoms with Gasteiger partial charge in [0.1, 0.15) is 5.60 Å². The second-order valence-corrected chi connectivity index (χ2v) is 8.23. The Hall–Kier alpha value is -3.19. The van der Waals surface area contributed by atoms with Crippen LogP contribution in [0, 0.1) is 0 Å². The number of primary amides is 1. The molecule has 29 heavy (non-hydrogen) atoms. The number of pyridine rings is 1. The van der Waals surface area contributed by atoms with Crippen LogP contribution in [0.5, 0.6) is 0 Å². The maximum atomic E-state index is 13.0. The van der Waals surface area contributed by atoms with E-state index in [-0.39, 0.29) is 5.91 Å². The van der Waals surface area contributed by atoms with Gasteiger partial charge in [-0.05, 0) is 60.7 Å². The van der Waals surface area contributed by atoms with Crippen LogP contribution in [-0.4, -0.2) is 22.6 Å².